The van der Waals surface area contributed by atoms with E-state index in [1.54, 1.807) is 25.1 Å². The summed E-state index contributed by atoms with van der Waals surface area (Å²) >= 11 is 1.16. The maximum atomic E-state index is 12.8. The van der Waals surface area contributed by atoms with Crippen LogP contribution in [-0.4, -0.2) is 48.3 Å². The Morgan fingerprint density at radius 2 is 2.20 bits per heavy atom. The first-order valence-corrected chi connectivity index (χ1v) is 10.3. The van der Waals surface area contributed by atoms with Gasteiger partial charge in [0.1, 0.15) is 16.3 Å². The zero-order chi connectivity index (χ0) is 18.6. The lowest BCUT2D eigenvalue weighted by atomic mass is 10.1. The molecule has 138 valence electrons. The first-order chi connectivity index (χ1) is 11.8. The highest BCUT2D eigenvalue weighted by Crippen LogP contribution is 2.30. The van der Waals surface area contributed by atoms with Crippen LogP contribution >= 0.6 is 11.3 Å². The molecule has 0 radical (unpaired) electrons. The van der Waals surface area contributed by atoms with Gasteiger partial charge in [-0.05, 0) is 45.2 Å². The number of hydrogen-bond donors (Lipinski definition) is 2. The number of rotatable bonds is 7. The SMILES string of the molecule is C/C=C/CC(NC(=O)C1CCCN1S(=O)(=O)c1ccc(C)s1)C(=O)O. The summed E-state index contributed by atoms with van der Waals surface area (Å²) in [6.45, 7) is 3.83. The van der Waals surface area contributed by atoms with Gasteiger partial charge in [-0.25, -0.2) is 13.2 Å². The van der Waals surface area contributed by atoms with Crippen LogP contribution in [0.2, 0.25) is 0 Å². The molecule has 1 aromatic rings. The third kappa shape index (κ3) is 4.47. The van der Waals surface area contributed by atoms with E-state index in [0.29, 0.717) is 12.8 Å². The lowest BCUT2D eigenvalue weighted by molar-refractivity contribution is -0.142. The molecule has 2 atom stereocenters. The molecule has 25 heavy (non-hydrogen) atoms. The van der Waals surface area contributed by atoms with Gasteiger partial charge in [-0.15, -0.1) is 11.3 Å². The second-order valence-electron chi connectivity index (χ2n) is 5.84. The van der Waals surface area contributed by atoms with Crippen molar-refractivity contribution in [2.75, 3.05) is 6.54 Å². The van der Waals surface area contributed by atoms with Crippen molar-refractivity contribution in [2.45, 2.75) is 49.4 Å². The summed E-state index contributed by atoms with van der Waals surface area (Å²) < 4.78 is 27.0. The Morgan fingerprint density at radius 1 is 1.48 bits per heavy atom. The van der Waals surface area contributed by atoms with E-state index in [2.05, 4.69) is 5.32 Å². The lowest BCUT2D eigenvalue weighted by Gasteiger charge is -2.24. The largest absolute Gasteiger partial charge is 0.480 e. The third-order valence-electron chi connectivity index (χ3n) is 4.01. The van der Waals surface area contributed by atoms with Crippen molar-refractivity contribution in [3.05, 3.63) is 29.2 Å². The maximum Gasteiger partial charge on any atom is 0.326 e. The minimum absolute atomic E-state index is 0.154. The van der Waals surface area contributed by atoms with E-state index in [1.165, 1.54) is 10.4 Å². The van der Waals surface area contributed by atoms with Crippen LogP contribution in [0.1, 0.15) is 31.1 Å². The van der Waals surface area contributed by atoms with E-state index in [0.717, 1.165) is 16.2 Å². The molecule has 0 spiro atoms. The fourth-order valence-corrected chi connectivity index (χ4v) is 5.79. The Bertz CT molecular complexity index is 769. The quantitative estimate of drug-likeness (QED) is 0.695. The van der Waals surface area contributed by atoms with Gasteiger partial charge in [-0.3, -0.25) is 4.79 Å². The van der Waals surface area contributed by atoms with Gasteiger partial charge in [0.15, 0.2) is 0 Å². The predicted octanol–water partition coefficient (Wildman–Crippen LogP) is 1.75. The van der Waals surface area contributed by atoms with Crippen molar-refractivity contribution in [1.29, 1.82) is 0 Å². The third-order valence-corrected chi connectivity index (χ3v) is 7.38. The zero-order valence-electron chi connectivity index (χ0n) is 14.1. The average Bonchev–Trinajstić information content (AvgIpc) is 3.20. The molecule has 0 aliphatic carbocycles. The highest BCUT2D eigenvalue weighted by atomic mass is 32.2. The van der Waals surface area contributed by atoms with Crippen molar-refractivity contribution in [3.63, 3.8) is 0 Å². The molecule has 1 aromatic heterocycles. The number of allylic oxidation sites excluding steroid dienone is 1. The Morgan fingerprint density at radius 3 is 2.76 bits per heavy atom. The summed E-state index contributed by atoms with van der Waals surface area (Å²) in [5.74, 6) is -1.71. The molecule has 1 aliphatic heterocycles. The molecule has 0 saturated carbocycles. The Balaban J connectivity index is 2.17. The fourth-order valence-electron chi connectivity index (χ4n) is 2.72. The molecule has 0 aromatic carbocycles. The number of carboxylic acid groups (broad SMARTS) is 1. The summed E-state index contributed by atoms with van der Waals surface area (Å²) in [6.07, 6.45) is 4.45. The Labute approximate surface area is 151 Å². The molecular weight excluding hydrogens is 364 g/mol. The molecule has 2 heterocycles. The molecule has 7 nitrogen and oxygen atoms in total. The Hall–Kier alpha value is -1.71. The number of amides is 1. The molecule has 2 rings (SSSR count). The van der Waals surface area contributed by atoms with Crippen LogP contribution in [0.3, 0.4) is 0 Å². The number of hydrogen-bond acceptors (Lipinski definition) is 5. The van der Waals surface area contributed by atoms with Crippen LogP contribution in [0.25, 0.3) is 0 Å². The topological polar surface area (TPSA) is 104 Å². The minimum Gasteiger partial charge on any atom is -0.480 e. The van der Waals surface area contributed by atoms with Crippen LogP contribution < -0.4 is 5.32 Å². The van der Waals surface area contributed by atoms with Gasteiger partial charge in [0.2, 0.25) is 5.91 Å². The van der Waals surface area contributed by atoms with E-state index in [9.17, 15) is 23.1 Å². The van der Waals surface area contributed by atoms with Crippen molar-refractivity contribution in [2.24, 2.45) is 0 Å². The molecule has 2 N–H and O–H groups in total. The number of carbonyl (C=O) groups is 2. The van der Waals surface area contributed by atoms with Gasteiger partial charge in [-0.1, -0.05) is 12.2 Å². The van der Waals surface area contributed by atoms with E-state index < -0.39 is 34.0 Å². The number of aliphatic carboxylic acids is 1. The highest BCUT2D eigenvalue weighted by molar-refractivity contribution is 7.91. The van der Waals surface area contributed by atoms with Crippen molar-refractivity contribution in [3.8, 4) is 0 Å². The summed E-state index contributed by atoms with van der Waals surface area (Å²) in [6, 6.07) is 1.31. The maximum absolute atomic E-state index is 12.8. The molecule has 1 fully saturated rings. The van der Waals surface area contributed by atoms with Crippen LogP contribution in [-0.2, 0) is 19.6 Å². The van der Waals surface area contributed by atoms with Crippen molar-refractivity contribution in [1.82, 2.24) is 9.62 Å². The van der Waals surface area contributed by atoms with Gasteiger partial charge in [0, 0.05) is 11.4 Å². The van der Waals surface area contributed by atoms with Crippen LogP contribution in [0.4, 0.5) is 0 Å². The van der Waals surface area contributed by atoms with Crippen molar-refractivity contribution >= 4 is 33.2 Å². The number of aryl methyl sites for hydroxylation is 1. The molecule has 1 amide bonds. The van der Waals surface area contributed by atoms with Gasteiger partial charge in [0.25, 0.3) is 10.0 Å². The number of carboxylic acids is 1. The summed E-state index contributed by atoms with van der Waals surface area (Å²) in [5.41, 5.74) is 0. The van der Waals surface area contributed by atoms with Crippen LogP contribution in [0, 0.1) is 6.92 Å². The molecule has 2 unspecified atom stereocenters. The molecule has 9 heteroatoms. The monoisotopic (exact) mass is 386 g/mol. The second kappa shape index (κ2) is 8.11. The number of nitrogens with one attached hydrogen (secondary N) is 1. The number of nitrogens with zero attached hydrogens (tertiary/aromatic N) is 1. The molecule has 1 aliphatic rings. The van der Waals surface area contributed by atoms with E-state index in [-0.39, 0.29) is 17.2 Å². The van der Waals surface area contributed by atoms with Gasteiger partial charge in [0.05, 0.1) is 0 Å². The second-order valence-corrected chi connectivity index (χ2v) is 9.25. The zero-order valence-corrected chi connectivity index (χ0v) is 15.8. The van der Waals surface area contributed by atoms with Crippen LogP contribution in [0.5, 0.6) is 0 Å². The standard InChI is InChI=1S/C16H22N2O5S2/c1-3-4-6-12(16(20)21)17-15(19)13-7-5-10-18(13)25(22,23)14-9-8-11(2)24-14/h3-4,8-9,12-13H,5-7,10H2,1-2H3,(H,17,19)(H,20,21)/b4-3+. The number of sulfonamides is 1. The summed E-state index contributed by atoms with van der Waals surface area (Å²) in [7, 11) is -3.76. The van der Waals surface area contributed by atoms with E-state index in [4.69, 9.17) is 0 Å². The average molecular weight is 386 g/mol. The van der Waals surface area contributed by atoms with E-state index >= 15 is 0 Å². The number of thiophene rings is 1. The van der Waals surface area contributed by atoms with Gasteiger partial charge < -0.3 is 10.4 Å². The van der Waals surface area contributed by atoms with Crippen LogP contribution in [0.15, 0.2) is 28.5 Å². The van der Waals surface area contributed by atoms with Gasteiger partial charge in [-0.2, -0.15) is 4.31 Å². The normalized spacial score (nSPS) is 20.0. The summed E-state index contributed by atoms with van der Waals surface area (Å²) in [4.78, 5) is 24.7. The van der Waals surface area contributed by atoms with Crippen molar-refractivity contribution < 1.29 is 23.1 Å². The first kappa shape index (κ1) is 19.6. The Kier molecular flexibility index (Phi) is 6.36. The van der Waals surface area contributed by atoms with Gasteiger partial charge >= 0.3 is 5.97 Å². The predicted molar refractivity (Wildman–Crippen MR) is 95.0 cm³/mol. The molecule has 0 bridgehead atoms. The smallest absolute Gasteiger partial charge is 0.326 e. The number of carbonyl (C=O) groups excluding carboxylic acids is 1. The molecular formula is C16H22N2O5S2. The highest BCUT2D eigenvalue weighted by Gasteiger charge is 2.40. The van der Waals surface area contributed by atoms with E-state index in [1.807, 2.05) is 6.92 Å². The first-order valence-electron chi connectivity index (χ1n) is 8.00. The minimum atomic E-state index is -3.76. The molecule has 1 saturated heterocycles. The summed E-state index contributed by atoms with van der Waals surface area (Å²) in [5, 5.41) is 11.7. The fraction of sp³-hybridized carbons (Fsp3) is 0.500. The lowest BCUT2D eigenvalue weighted by Crippen LogP contribution is -2.50.